The number of aromatic nitrogens is 1. The molecule has 1 aliphatic rings. The number of aliphatic imine (C=N–C) groups is 1. The van der Waals surface area contributed by atoms with Gasteiger partial charge in [-0.1, -0.05) is 12.1 Å². The minimum atomic E-state index is -0.198. The van der Waals surface area contributed by atoms with Crippen molar-refractivity contribution in [3.63, 3.8) is 0 Å². The third kappa shape index (κ3) is 7.54. The Morgan fingerprint density at radius 1 is 1.20 bits per heavy atom. The number of guanidine groups is 1. The Morgan fingerprint density at radius 2 is 1.90 bits per heavy atom. The second kappa shape index (κ2) is 12.2. The fraction of sp³-hybridized carbons (Fsp3) is 0.545. The van der Waals surface area contributed by atoms with Crippen LogP contribution in [0.25, 0.3) is 0 Å². The molecule has 3 rings (SSSR count). The van der Waals surface area contributed by atoms with Crippen molar-refractivity contribution < 1.29 is 8.81 Å². The Balaban J connectivity index is 0.00000320. The van der Waals surface area contributed by atoms with Crippen LogP contribution >= 0.6 is 24.0 Å². The van der Waals surface area contributed by atoms with Crippen LogP contribution in [-0.2, 0) is 13.0 Å². The molecule has 0 saturated carbocycles. The van der Waals surface area contributed by atoms with Gasteiger partial charge in [0.05, 0.1) is 12.2 Å². The molecule has 6 nitrogen and oxygen atoms in total. The fourth-order valence-corrected chi connectivity index (χ4v) is 3.58. The second-order valence-corrected chi connectivity index (χ2v) is 7.73. The van der Waals surface area contributed by atoms with E-state index in [4.69, 9.17) is 4.42 Å². The number of benzene rings is 1. The van der Waals surface area contributed by atoms with Crippen LogP contribution in [0.3, 0.4) is 0 Å². The first-order chi connectivity index (χ1) is 14.0. The topological polar surface area (TPSA) is 65.7 Å². The highest BCUT2D eigenvalue weighted by Gasteiger charge is 2.21. The first-order valence-corrected chi connectivity index (χ1v) is 10.4. The van der Waals surface area contributed by atoms with Crippen molar-refractivity contribution in [3.05, 3.63) is 53.0 Å². The molecule has 0 unspecified atom stereocenters. The smallest absolute Gasteiger partial charge is 0.208 e. The number of aryl methyl sites for hydroxylation is 2. The summed E-state index contributed by atoms with van der Waals surface area (Å²) in [6, 6.07) is 6.64. The number of hydrogen-bond acceptors (Lipinski definition) is 4. The molecule has 30 heavy (non-hydrogen) atoms. The zero-order chi connectivity index (χ0) is 20.6. The summed E-state index contributed by atoms with van der Waals surface area (Å²) in [5.74, 6) is 2.99. The summed E-state index contributed by atoms with van der Waals surface area (Å²) in [7, 11) is 1.79. The van der Waals surface area contributed by atoms with Gasteiger partial charge in [-0.05, 0) is 69.8 Å². The lowest BCUT2D eigenvalue weighted by Gasteiger charge is -2.31. The van der Waals surface area contributed by atoms with E-state index in [0.29, 0.717) is 5.92 Å². The second-order valence-electron chi connectivity index (χ2n) is 7.73. The van der Waals surface area contributed by atoms with E-state index in [1.807, 2.05) is 26.0 Å². The molecule has 0 amide bonds. The van der Waals surface area contributed by atoms with Crippen molar-refractivity contribution in [2.45, 2.75) is 39.7 Å². The summed E-state index contributed by atoms with van der Waals surface area (Å²) in [4.78, 5) is 11.2. The molecule has 2 heterocycles. The highest BCUT2D eigenvalue weighted by Crippen LogP contribution is 2.19. The predicted molar refractivity (Wildman–Crippen MR) is 129 cm³/mol. The quantitative estimate of drug-likeness (QED) is 0.326. The molecule has 1 aromatic carbocycles. The van der Waals surface area contributed by atoms with Gasteiger partial charge in [-0.2, -0.15) is 0 Å². The molecule has 0 bridgehead atoms. The molecule has 1 saturated heterocycles. The van der Waals surface area contributed by atoms with Gasteiger partial charge >= 0.3 is 0 Å². The lowest BCUT2D eigenvalue weighted by Crippen LogP contribution is -2.43. The van der Waals surface area contributed by atoms with Crippen molar-refractivity contribution in [3.8, 4) is 0 Å². The van der Waals surface area contributed by atoms with E-state index in [1.54, 1.807) is 7.05 Å². The fourth-order valence-electron chi connectivity index (χ4n) is 3.58. The molecule has 166 valence electrons. The molecular formula is C22H33FIN5O. The number of hydrogen-bond donors (Lipinski definition) is 2. The van der Waals surface area contributed by atoms with Crippen molar-refractivity contribution in [1.82, 2.24) is 20.5 Å². The Hall–Kier alpha value is -1.68. The van der Waals surface area contributed by atoms with Gasteiger partial charge < -0.3 is 15.1 Å². The Labute approximate surface area is 195 Å². The van der Waals surface area contributed by atoms with Gasteiger partial charge in [-0.15, -0.1) is 24.0 Å². The van der Waals surface area contributed by atoms with Crippen LogP contribution in [0.15, 0.2) is 33.7 Å². The van der Waals surface area contributed by atoms with Crippen LogP contribution in [0.5, 0.6) is 0 Å². The predicted octanol–water partition coefficient (Wildman–Crippen LogP) is 3.67. The molecule has 1 aliphatic heterocycles. The van der Waals surface area contributed by atoms with Crippen molar-refractivity contribution in [2.75, 3.05) is 33.2 Å². The largest absolute Gasteiger partial charge is 0.444 e. The standard InChI is InChI=1S/C22H32FN5O.HI/c1-16-17(2)29-21(27-16)15-28-12-9-19(10-13-28)14-26-22(24-3)25-11-8-18-4-6-20(23)7-5-18;/h4-7,19H,8-15H2,1-3H3,(H2,24,25,26);1H. The SMILES string of the molecule is CN=C(NCCc1ccc(F)cc1)NCC1CCN(Cc2nc(C)c(C)o2)CC1.I. The summed E-state index contributed by atoms with van der Waals surface area (Å²) in [5.41, 5.74) is 2.09. The van der Waals surface area contributed by atoms with E-state index in [-0.39, 0.29) is 29.8 Å². The summed E-state index contributed by atoms with van der Waals surface area (Å²) in [6.45, 7) is 8.54. The number of halogens is 2. The molecule has 2 N–H and O–H groups in total. The monoisotopic (exact) mass is 529 g/mol. The maximum Gasteiger partial charge on any atom is 0.208 e. The molecule has 0 spiro atoms. The van der Waals surface area contributed by atoms with Gasteiger partial charge in [0.2, 0.25) is 5.89 Å². The minimum Gasteiger partial charge on any atom is -0.444 e. The molecule has 2 aromatic rings. The molecule has 8 heteroatoms. The average Bonchev–Trinajstić information content (AvgIpc) is 3.04. The van der Waals surface area contributed by atoms with Gasteiger partial charge in [0.25, 0.3) is 0 Å². The summed E-state index contributed by atoms with van der Waals surface area (Å²) in [5, 5.41) is 6.77. The summed E-state index contributed by atoms with van der Waals surface area (Å²) < 4.78 is 18.7. The normalized spacial score (nSPS) is 15.7. The average molecular weight is 529 g/mol. The number of piperidine rings is 1. The van der Waals surface area contributed by atoms with E-state index in [0.717, 1.165) is 80.9 Å². The summed E-state index contributed by atoms with van der Waals surface area (Å²) in [6.07, 6.45) is 3.13. The summed E-state index contributed by atoms with van der Waals surface area (Å²) >= 11 is 0. The van der Waals surface area contributed by atoms with Gasteiger partial charge in [0.1, 0.15) is 11.6 Å². The van der Waals surface area contributed by atoms with E-state index in [2.05, 4.69) is 25.5 Å². The van der Waals surface area contributed by atoms with Gasteiger partial charge in [0, 0.05) is 20.1 Å². The van der Waals surface area contributed by atoms with E-state index in [1.165, 1.54) is 12.1 Å². The van der Waals surface area contributed by atoms with Crippen LogP contribution in [0.2, 0.25) is 0 Å². The van der Waals surface area contributed by atoms with Crippen molar-refractivity contribution in [2.24, 2.45) is 10.9 Å². The third-order valence-electron chi connectivity index (χ3n) is 5.54. The third-order valence-corrected chi connectivity index (χ3v) is 5.54. The molecule has 1 fully saturated rings. The van der Waals surface area contributed by atoms with Gasteiger partial charge in [-0.25, -0.2) is 9.37 Å². The Morgan fingerprint density at radius 3 is 2.50 bits per heavy atom. The Kier molecular flexibility index (Phi) is 10.0. The number of rotatable bonds is 7. The van der Waals surface area contributed by atoms with Crippen LogP contribution in [-0.4, -0.2) is 49.1 Å². The lowest BCUT2D eigenvalue weighted by molar-refractivity contribution is 0.164. The Bertz CT molecular complexity index is 781. The highest BCUT2D eigenvalue weighted by atomic mass is 127. The number of likely N-dealkylation sites (tertiary alicyclic amines) is 1. The van der Waals surface area contributed by atoms with Crippen molar-refractivity contribution in [1.29, 1.82) is 0 Å². The zero-order valence-electron chi connectivity index (χ0n) is 18.1. The van der Waals surface area contributed by atoms with Crippen LogP contribution in [0.1, 0.15) is 35.7 Å². The van der Waals surface area contributed by atoms with Crippen LogP contribution in [0.4, 0.5) is 4.39 Å². The first kappa shape index (κ1) is 24.6. The molecule has 0 atom stereocenters. The molecular weight excluding hydrogens is 496 g/mol. The van der Waals surface area contributed by atoms with E-state index >= 15 is 0 Å². The zero-order valence-corrected chi connectivity index (χ0v) is 20.4. The number of oxazole rings is 1. The van der Waals surface area contributed by atoms with E-state index < -0.39 is 0 Å². The van der Waals surface area contributed by atoms with Crippen LogP contribution < -0.4 is 10.6 Å². The number of nitrogens with zero attached hydrogens (tertiary/aromatic N) is 3. The number of nitrogens with one attached hydrogen (secondary N) is 2. The highest BCUT2D eigenvalue weighted by molar-refractivity contribution is 14.0. The molecule has 0 aliphatic carbocycles. The van der Waals surface area contributed by atoms with Crippen molar-refractivity contribution >= 4 is 29.9 Å². The molecule has 0 radical (unpaired) electrons. The first-order valence-electron chi connectivity index (χ1n) is 10.4. The van der Waals surface area contributed by atoms with E-state index in [9.17, 15) is 4.39 Å². The maximum atomic E-state index is 13.0. The minimum absolute atomic E-state index is 0. The van der Waals surface area contributed by atoms with Gasteiger partial charge in [0.15, 0.2) is 5.96 Å². The van der Waals surface area contributed by atoms with Gasteiger partial charge in [-0.3, -0.25) is 9.89 Å². The lowest BCUT2D eigenvalue weighted by atomic mass is 9.97. The molecule has 1 aromatic heterocycles. The van der Waals surface area contributed by atoms with Crippen LogP contribution in [0, 0.1) is 25.6 Å². The maximum absolute atomic E-state index is 13.0.